The van der Waals surface area contributed by atoms with Crippen LogP contribution in [0.15, 0.2) is 52.5 Å². The Balaban J connectivity index is 1.88. The zero-order chi connectivity index (χ0) is 19.6. The molecule has 0 aliphatic carbocycles. The molecule has 9 heteroatoms. The molecule has 2 heterocycles. The SMILES string of the molecule is C/C(=N\NC(=O)c1ccc(O)cc1O)c1c(C)[nH]n(-c2ccccn2)c1=O. The number of phenolic OH excluding ortho intramolecular Hbond substituents is 2. The number of nitrogens with one attached hydrogen (secondary N) is 2. The Hall–Kier alpha value is -3.88. The number of amides is 1. The van der Waals surface area contributed by atoms with Gasteiger partial charge in [-0.2, -0.15) is 5.10 Å². The fraction of sp³-hybridized carbons (Fsp3) is 0.111. The standard InChI is InChI=1S/C18H17N5O4/c1-10(20-21-17(26)13-7-6-12(24)9-14(13)25)16-11(2)22-23(18(16)27)15-5-3-4-8-19-15/h3-9,22,24-25H,1-2H3,(H,21,26)/b20-10+. The Morgan fingerprint density at radius 1 is 1.26 bits per heavy atom. The second-order valence-electron chi connectivity index (χ2n) is 5.78. The quantitative estimate of drug-likeness (QED) is 0.409. The van der Waals surface area contributed by atoms with Crippen LogP contribution in [0.5, 0.6) is 11.5 Å². The largest absolute Gasteiger partial charge is 0.508 e. The zero-order valence-electron chi connectivity index (χ0n) is 14.6. The number of aromatic nitrogens is 3. The molecule has 0 spiro atoms. The van der Waals surface area contributed by atoms with Gasteiger partial charge in [0.2, 0.25) is 0 Å². The molecule has 0 radical (unpaired) electrons. The Kier molecular flexibility index (Phi) is 4.75. The maximum Gasteiger partial charge on any atom is 0.282 e. The topological polar surface area (TPSA) is 133 Å². The number of aryl methyl sites for hydroxylation is 1. The van der Waals surface area contributed by atoms with Crippen molar-refractivity contribution in [3.8, 4) is 17.3 Å². The second-order valence-corrected chi connectivity index (χ2v) is 5.78. The second kappa shape index (κ2) is 7.16. The molecule has 0 saturated carbocycles. The average Bonchev–Trinajstić information content (AvgIpc) is 2.94. The number of carbonyl (C=O) groups excluding carboxylic acids is 1. The Bertz CT molecular complexity index is 1080. The number of hydrazone groups is 1. The molecule has 27 heavy (non-hydrogen) atoms. The van der Waals surface area contributed by atoms with Crippen LogP contribution in [-0.4, -0.2) is 36.6 Å². The van der Waals surface area contributed by atoms with Crippen molar-refractivity contribution in [1.82, 2.24) is 20.2 Å². The number of H-pyrrole nitrogens is 1. The van der Waals surface area contributed by atoms with E-state index >= 15 is 0 Å². The van der Waals surface area contributed by atoms with Gasteiger partial charge in [-0.3, -0.25) is 14.7 Å². The summed E-state index contributed by atoms with van der Waals surface area (Å²) in [5.41, 5.74) is 3.04. The minimum absolute atomic E-state index is 0.0546. The molecule has 0 unspecified atom stereocenters. The maximum atomic E-state index is 12.7. The number of pyridine rings is 1. The van der Waals surface area contributed by atoms with Crippen LogP contribution in [0.3, 0.4) is 0 Å². The minimum atomic E-state index is -0.676. The molecule has 1 aromatic carbocycles. The van der Waals surface area contributed by atoms with Crippen LogP contribution < -0.4 is 11.0 Å². The number of aromatic amines is 1. The Labute approximate surface area is 153 Å². The van der Waals surface area contributed by atoms with Crippen molar-refractivity contribution in [3.63, 3.8) is 0 Å². The molecule has 0 aliphatic heterocycles. The molecule has 3 rings (SSSR count). The highest BCUT2D eigenvalue weighted by molar-refractivity contribution is 6.02. The molecule has 0 bridgehead atoms. The van der Waals surface area contributed by atoms with Crippen LogP contribution in [0.1, 0.15) is 28.5 Å². The first-order chi connectivity index (χ1) is 12.9. The van der Waals surface area contributed by atoms with Gasteiger partial charge in [0.05, 0.1) is 16.8 Å². The van der Waals surface area contributed by atoms with E-state index in [4.69, 9.17) is 0 Å². The number of rotatable bonds is 4. The lowest BCUT2D eigenvalue weighted by Crippen LogP contribution is -2.23. The molecule has 0 saturated heterocycles. The fourth-order valence-corrected chi connectivity index (χ4v) is 2.58. The zero-order valence-corrected chi connectivity index (χ0v) is 14.6. The number of aromatic hydroxyl groups is 2. The summed E-state index contributed by atoms with van der Waals surface area (Å²) in [5, 5.41) is 25.9. The predicted molar refractivity (Wildman–Crippen MR) is 98.4 cm³/mol. The Morgan fingerprint density at radius 3 is 2.70 bits per heavy atom. The van der Waals surface area contributed by atoms with Gasteiger partial charge in [-0.15, -0.1) is 0 Å². The number of benzene rings is 1. The van der Waals surface area contributed by atoms with Crippen molar-refractivity contribution in [2.24, 2.45) is 5.10 Å². The van der Waals surface area contributed by atoms with Gasteiger partial charge >= 0.3 is 0 Å². The van der Waals surface area contributed by atoms with Crippen molar-refractivity contribution in [3.05, 3.63) is 69.8 Å². The van der Waals surface area contributed by atoms with Crippen LogP contribution >= 0.6 is 0 Å². The third-order valence-corrected chi connectivity index (χ3v) is 3.86. The highest BCUT2D eigenvalue weighted by atomic mass is 16.3. The molecular weight excluding hydrogens is 350 g/mol. The van der Waals surface area contributed by atoms with Gasteiger partial charge in [0.25, 0.3) is 11.5 Å². The normalized spacial score (nSPS) is 11.4. The first kappa shape index (κ1) is 17.9. The molecule has 0 fully saturated rings. The van der Waals surface area contributed by atoms with E-state index in [1.165, 1.54) is 16.8 Å². The average molecular weight is 367 g/mol. The molecule has 0 aliphatic rings. The van der Waals surface area contributed by atoms with Gasteiger partial charge < -0.3 is 10.2 Å². The van der Waals surface area contributed by atoms with Gasteiger partial charge in [0.1, 0.15) is 11.5 Å². The highest BCUT2D eigenvalue weighted by Gasteiger charge is 2.17. The van der Waals surface area contributed by atoms with Crippen LogP contribution in [0.2, 0.25) is 0 Å². The van der Waals surface area contributed by atoms with Crippen molar-refractivity contribution in [1.29, 1.82) is 0 Å². The van der Waals surface area contributed by atoms with Crippen molar-refractivity contribution in [2.45, 2.75) is 13.8 Å². The van der Waals surface area contributed by atoms with Crippen LogP contribution in [0, 0.1) is 6.92 Å². The van der Waals surface area contributed by atoms with Crippen molar-refractivity contribution < 1.29 is 15.0 Å². The first-order valence-electron chi connectivity index (χ1n) is 7.98. The van der Waals surface area contributed by atoms with Gasteiger partial charge in [-0.05, 0) is 38.1 Å². The molecule has 9 nitrogen and oxygen atoms in total. The lowest BCUT2D eigenvalue weighted by molar-refractivity contribution is 0.0952. The third-order valence-electron chi connectivity index (χ3n) is 3.86. The summed E-state index contributed by atoms with van der Waals surface area (Å²) in [7, 11) is 0. The monoisotopic (exact) mass is 367 g/mol. The molecule has 4 N–H and O–H groups in total. The van der Waals surface area contributed by atoms with E-state index in [2.05, 4.69) is 20.6 Å². The van der Waals surface area contributed by atoms with E-state index in [0.717, 1.165) is 6.07 Å². The summed E-state index contributed by atoms with van der Waals surface area (Å²) in [6.07, 6.45) is 1.57. The van der Waals surface area contributed by atoms with E-state index in [0.29, 0.717) is 17.1 Å². The van der Waals surface area contributed by atoms with E-state index in [1.807, 2.05) is 0 Å². The van der Waals surface area contributed by atoms with Crippen molar-refractivity contribution in [2.75, 3.05) is 0 Å². The molecule has 138 valence electrons. The number of hydrogen-bond acceptors (Lipinski definition) is 6. The lowest BCUT2D eigenvalue weighted by atomic mass is 10.2. The molecule has 0 atom stereocenters. The summed E-state index contributed by atoms with van der Waals surface area (Å²) in [5.74, 6) is -0.787. The Morgan fingerprint density at radius 2 is 2.04 bits per heavy atom. The van der Waals surface area contributed by atoms with E-state index < -0.39 is 5.91 Å². The summed E-state index contributed by atoms with van der Waals surface area (Å²) in [4.78, 5) is 28.9. The third kappa shape index (κ3) is 3.56. The van der Waals surface area contributed by atoms with Crippen LogP contribution in [0.25, 0.3) is 5.82 Å². The number of hydrogen-bond donors (Lipinski definition) is 4. The van der Waals surface area contributed by atoms with Gasteiger partial charge in [0.15, 0.2) is 5.82 Å². The van der Waals surface area contributed by atoms with Gasteiger partial charge in [-0.1, -0.05) is 6.07 Å². The maximum absolute atomic E-state index is 12.7. The van der Waals surface area contributed by atoms with E-state index in [-0.39, 0.29) is 28.3 Å². The summed E-state index contributed by atoms with van der Waals surface area (Å²) in [6.45, 7) is 3.29. The van der Waals surface area contributed by atoms with Gasteiger partial charge in [-0.25, -0.2) is 15.1 Å². The van der Waals surface area contributed by atoms with Crippen LogP contribution in [0.4, 0.5) is 0 Å². The molecule has 2 aromatic heterocycles. The predicted octanol–water partition coefficient (Wildman–Crippen LogP) is 1.43. The molecular formula is C18H17N5O4. The molecule has 1 amide bonds. The minimum Gasteiger partial charge on any atom is -0.508 e. The smallest absolute Gasteiger partial charge is 0.282 e. The summed E-state index contributed by atoms with van der Waals surface area (Å²) in [6, 6.07) is 8.77. The van der Waals surface area contributed by atoms with E-state index in [1.54, 1.807) is 38.2 Å². The fourth-order valence-electron chi connectivity index (χ4n) is 2.58. The van der Waals surface area contributed by atoms with Crippen molar-refractivity contribution >= 4 is 11.6 Å². The number of nitrogens with zero attached hydrogens (tertiary/aromatic N) is 3. The molecule has 3 aromatic rings. The summed E-state index contributed by atoms with van der Waals surface area (Å²) < 4.78 is 1.29. The van der Waals surface area contributed by atoms with Gasteiger partial charge in [0, 0.05) is 18.0 Å². The van der Waals surface area contributed by atoms with E-state index in [9.17, 15) is 19.8 Å². The van der Waals surface area contributed by atoms with Crippen LogP contribution in [-0.2, 0) is 0 Å². The number of carbonyl (C=O) groups is 1. The highest BCUT2D eigenvalue weighted by Crippen LogP contribution is 2.22. The lowest BCUT2D eigenvalue weighted by Gasteiger charge is -2.04. The number of phenols is 2. The summed E-state index contributed by atoms with van der Waals surface area (Å²) >= 11 is 0. The first-order valence-corrected chi connectivity index (χ1v) is 7.98.